The molecule has 2 bridgehead atoms. The number of ether oxygens (including phenoxy) is 1. The minimum absolute atomic E-state index is 0.115. The van der Waals surface area contributed by atoms with Crippen LogP contribution in [0.25, 0.3) is 0 Å². The fourth-order valence-corrected chi connectivity index (χ4v) is 7.82. The molecule has 0 aliphatic carbocycles. The third kappa shape index (κ3) is 6.43. The van der Waals surface area contributed by atoms with Crippen molar-refractivity contribution >= 4 is 11.9 Å². The average molecular weight is 565 g/mol. The molecule has 0 aromatic heterocycles. The van der Waals surface area contributed by atoms with Gasteiger partial charge in [-0.3, -0.25) is 9.69 Å². The molecule has 4 heterocycles. The first kappa shape index (κ1) is 29.2. The van der Waals surface area contributed by atoms with Gasteiger partial charge in [0.1, 0.15) is 6.42 Å². The third-order valence-corrected chi connectivity index (χ3v) is 9.39. The van der Waals surface area contributed by atoms with Crippen molar-refractivity contribution in [2.45, 2.75) is 101 Å². The summed E-state index contributed by atoms with van der Waals surface area (Å²) in [5.74, 6) is -0.510. The van der Waals surface area contributed by atoms with Gasteiger partial charge in [-0.15, -0.1) is 0 Å². The third-order valence-electron chi connectivity index (χ3n) is 9.39. The van der Waals surface area contributed by atoms with Gasteiger partial charge in [0.25, 0.3) is 0 Å². The Kier molecular flexibility index (Phi) is 8.66. The van der Waals surface area contributed by atoms with E-state index in [-0.39, 0.29) is 17.6 Å². The van der Waals surface area contributed by atoms with Crippen LogP contribution in [0.2, 0.25) is 0 Å². The zero-order valence-electron chi connectivity index (χ0n) is 23.7. The number of rotatable bonds is 9. The molecule has 4 aliphatic heterocycles. The van der Waals surface area contributed by atoms with E-state index >= 15 is 0 Å². The number of hydrogen-bond acceptors (Lipinski definition) is 4. The molecule has 4 fully saturated rings. The van der Waals surface area contributed by atoms with Crippen LogP contribution in [0.3, 0.4) is 0 Å². The molecule has 0 saturated carbocycles. The minimum atomic E-state index is -4.54. The molecule has 0 radical (unpaired) electrons. The molecule has 2 unspecified atom stereocenters. The number of alkyl halides is 3. The SMILES string of the molecule is CC(C)N1C(=O)N(CC2CCOCC2)CC12CC1CCC(C2)N1CC[C@H](NC(=O)CC(F)(F)F)c1ccccc1. The normalized spacial score (nSPS) is 28.6. The van der Waals surface area contributed by atoms with Gasteiger partial charge >= 0.3 is 12.2 Å². The van der Waals surface area contributed by atoms with Gasteiger partial charge in [-0.1, -0.05) is 30.3 Å². The molecule has 222 valence electrons. The van der Waals surface area contributed by atoms with Crippen LogP contribution in [0, 0.1) is 5.92 Å². The number of hydrogen-bond donors (Lipinski definition) is 1. The summed E-state index contributed by atoms with van der Waals surface area (Å²) in [5.41, 5.74) is 0.633. The van der Waals surface area contributed by atoms with Crippen LogP contribution >= 0.6 is 0 Å². The fourth-order valence-electron chi connectivity index (χ4n) is 7.82. The summed E-state index contributed by atoms with van der Waals surface area (Å²) >= 11 is 0. The molecule has 4 aliphatic rings. The Labute approximate surface area is 235 Å². The van der Waals surface area contributed by atoms with Crippen molar-refractivity contribution in [1.29, 1.82) is 0 Å². The molecule has 1 spiro atoms. The predicted molar refractivity (Wildman–Crippen MR) is 146 cm³/mol. The molecule has 4 saturated heterocycles. The highest BCUT2D eigenvalue weighted by Gasteiger charge is 2.57. The van der Waals surface area contributed by atoms with Gasteiger partial charge in [0, 0.05) is 51.0 Å². The highest BCUT2D eigenvalue weighted by Crippen LogP contribution is 2.48. The molecule has 1 N–H and O–H groups in total. The summed E-state index contributed by atoms with van der Waals surface area (Å²) in [6.07, 6.45) is 0.464. The molecule has 7 nitrogen and oxygen atoms in total. The van der Waals surface area contributed by atoms with Gasteiger partial charge in [-0.05, 0) is 70.3 Å². The predicted octanol–water partition coefficient (Wildman–Crippen LogP) is 5.12. The van der Waals surface area contributed by atoms with E-state index in [1.807, 2.05) is 30.3 Å². The lowest BCUT2D eigenvalue weighted by atomic mass is 9.81. The van der Waals surface area contributed by atoms with Crippen LogP contribution in [-0.2, 0) is 9.53 Å². The number of urea groups is 1. The van der Waals surface area contributed by atoms with E-state index in [0.29, 0.717) is 31.0 Å². The molecule has 1 aromatic carbocycles. The number of benzene rings is 1. The van der Waals surface area contributed by atoms with Crippen LogP contribution in [0.4, 0.5) is 18.0 Å². The monoisotopic (exact) mass is 564 g/mol. The van der Waals surface area contributed by atoms with E-state index in [1.54, 1.807) is 0 Å². The summed E-state index contributed by atoms with van der Waals surface area (Å²) in [6, 6.07) is 9.68. The van der Waals surface area contributed by atoms with Crippen molar-refractivity contribution in [3.05, 3.63) is 35.9 Å². The quantitative estimate of drug-likeness (QED) is 0.452. The van der Waals surface area contributed by atoms with Crippen molar-refractivity contribution in [2.75, 3.05) is 32.8 Å². The number of nitrogens with one attached hydrogen (secondary N) is 1. The van der Waals surface area contributed by atoms with Gasteiger partial charge in [-0.25, -0.2) is 4.79 Å². The Morgan fingerprint density at radius 1 is 1.07 bits per heavy atom. The molecule has 5 rings (SSSR count). The summed E-state index contributed by atoms with van der Waals surface area (Å²) in [7, 11) is 0. The topological polar surface area (TPSA) is 65.1 Å². The van der Waals surface area contributed by atoms with Crippen LogP contribution in [0.5, 0.6) is 0 Å². The van der Waals surface area contributed by atoms with Gasteiger partial charge < -0.3 is 19.9 Å². The van der Waals surface area contributed by atoms with Gasteiger partial charge in [0.05, 0.1) is 11.6 Å². The summed E-state index contributed by atoms with van der Waals surface area (Å²) in [4.78, 5) is 32.6. The van der Waals surface area contributed by atoms with E-state index in [2.05, 4.69) is 33.9 Å². The largest absolute Gasteiger partial charge is 0.397 e. The number of piperidine rings is 1. The van der Waals surface area contributed by atoms with Gasteiger partial charge in [-0.2, -0.15) is 13.2 Å². The highest BCUT2D eigenvalue weighted by molar-refractivity contribution is 5.79. The molecule has 40 heavy (non-hydrogen) atoms. The van der Waals surface area contributed by atoms with Crippen LogP contribution in [-0.4, -0.2) is 89.3 Å². The number of nitrogens with zero attached hydrogens (tertiary/aromatic N) is 3. The molecular weight excluding hydrogens is 521 g/mol. The first-order chi connectivity index (χ1) is 19.0. The van der Waals surface area contributed by atoms with E-state index in [4.69, 9.17) is 4.74 Å². The Balaban J connectivity index is 1.26. The zero-order chi connectivity index (χ0) is 28.5. The second kappa shape index (κ2) is 11.9. The Morgan fingerprint density at radius 2 is 1.73 bits per heavy atom. The number of halogens is 3. The second-order valence-electron chi connectivity index (χ2n) is 12.5. The maximum Gasteiger partial charge on any atom is 0.397 e. The Hall–Kier alpha value is -2.33. The van der Waals surface area contributed by atoms with Crippen molar-refractivity contribution in [3.63, 3.8) is 0 Å². The van der Waals surface area contributed by atoms with E-state index in [0.717, 1.165) is 70.4 Å². The Morgan fingerprint density at radius 3 is 2.33 bits per heavy atom. The zero-order valence-corrected chi connectivity index (χ0v) is 23.7. The first-order valence-corrected chi connectivity index (χ1v) is 14.9. The number of carbonyl (C=O) groups excluding carboxylic acids is 2. The van der Waals surface area contributed by atoms with Crippen molar-refractivity contribution < 1.29 is 27.5 Å². The van der Waals surface area contributed by atoms with Crippen LogP contribution in [0.15, 0.2) is 30.3 Å². The highest BCUT2D eigenvalue weighted by atomic mass is 19.4. The summed E-state index contributed by atoms with van der Waals surface area (Å²) in [5, 5.41) is 2.65. The first-order valence-electron chi connectivity index (χ1n) is 14.9. The van der Waals surface area contributed by atoms with Crippen molar-refractivity contribution in [1.82, 2.24) is 20.0 Å². The number of amides is 3. The van der Waals surface area contributed by atoms with Crippen molar-refractivity contribution in [2.24, 2.45) is 5.92 Å². The number of carbonyl (C=O) groups is 2. The lowest BCUT2D eigenvalue weighted by Gasteiger charge is -2.49. The average Bonchev–Trinajstić information content (AvgIpc) is 3.30. The molecule has 3 amide bonds. The smallest absolute Gasteiger partial charge is 0.381 e. The maximum absolute atomic E-state index is 13.7. The molecular formula is C30H43F3N4O3. The second-order valence-corrected chi connectivity index (χ2v) is 12.5. The number of fused-ring (bicyclic) bond motifs is 2. The van der Waals surface area contributed by atoms with E-state index < -0.39 is 24.5 Å². The molecule has 3 atom stereocenters. The van der Waals surface area contributed by atoms with Crippen molar-refractivity contribution in [3.8, 4) is 0 Å². The standard InChI is InChI=1S/C30H43F3N4O3/c1-21(2)37-28(39)35(19-22-11-14-40-15-12-22)20-29(37)16-24-8-9-25(17-29)36(24)13-10-26(23-6-4-3-5-7-23)34-27(38)18-30(31,32)33/h3-7,21-22,24-26H,8-20H2,1-2H3,(H,34,38)/t24?,25?,26-,29?/m0/s1. The van der Waals surface area contributed by atoms with E-state index in [9.17, 15) is 22.8 Å². The van der Waals surface area contributed by atoms with Crippen LogP contribution < -0.4 is 5.32 Å². The fraction of sp³-hybridized carbons (Fsp3) is 0.733. The van der Waals surface area contributed by atoms with Gasteiger partial charge in [0.15, 0.2) is 0 Å². The summed E-state index contributed by atoms with van der Waals surface area (Å²) < 4.78 is 44.1. The minimum Gasteiger partial charge on any atom is -0.381 e. The lowest BCUT2D eigenvalue weighted by Crippen LogP contribution is -2.60. The Bertz CT molecular complexity index is 1020. The van der Waals surface area contributed by atoms with Crippen LogP contribution in [0.1, 0.15) is 76.8 Å². The van der Waals surface area contributed by atoms with Gasteiger partial charge in [0.2, 0.25) is 5.91 Å². The molecule has 1 aromatic rings. The summed E-state index contributed by atoms with van der Waals surface area (Å²) in [6.45, 7) is 8.01. The molecule has 10 heteroatoms. The lowest BCUT2D eigenvalue weighted by molar-refractivity contribution is -0.154. The maximum atomic E-state index is 13.7. The van der Waals surface area contributed by atoms with E-state index in [1.165, 1.54) is 0 Å².